The minimum Gasteiger partial charge on any atom is -0.492 e. The number of amides is 1. The quantitative estimate of drug-likeness (QED) is 0.582. The first-order valence-corrected chi connectivity index (χ1v) is 10.2. The van der Waals surface area contributed by atoms with Crippen molar-refractivity contribution in [1.82, 2.24) is 15.5 Å². The van der Waals surface area contributed by atoms with E-state index in [1.807, 2.05) is 24.3 Å². The summed E-state index contributed by atoms with van der Waals surface area (Å²) in [5.74, 6) is 0.904. The van der Waals surface area contributed by atoms with Gasteiger partial charge in [-0.3, -0.25) is 9.69 Å². The zero-order valence-corrected chi connectivity index (χ0v) is 19.3. The molecule has 3 rings (SSSR count). The van der Waals surface area contributed by atoms with E-state index in [9.17, 15) is 4.79 Å². The number of piperidine rings is 1. The lowest BCUT2D eigenvalue weighted by molar-refractivity contribution is -0.136. The molecule has 2 aliphatic heterocycles. The highest BCUT2D eigenvalue weighted by atomic mass is 35.5. The van der Waals surface area contributed by atoms with Gasteiger partial charge in [0, 0.05) is 38.9 Å². The van der Waals surface area contributed by atoms with Crippen molar-refractivity contribution in [1.29, 1.82) is 0 Å². The summed E-state index contributed by atoms with van der Waals surface area (Å²) in [6.45, 7) is 7.62. The number of rotatable bonds is 9. The molecule has 172 valence electrons. The molecule has 9 heteroatoms. The normalized spacial score (nSPS) is 18.6. The molecule has 1 aromatic carbocycles. The molecule has 0 spiro atoms. The van der Waals surface area contributed by atoms with Crippen molar-refractivity contribution in [3.8, 4) is 5.75 Å². The number of halogens is 2. The number of para-hydroxylation sites is 1. The van der Waals surface area contributed by atoms with Gasteiger partial charge in [0.15, 0.2) is 0 Å². The fraction of sp³-hybridized carbons (Fsp3) is 0.667. The number of nitrogens with one attached hydrogen (secondary N) is 2. The van der Waals surface area contributed by atoms with E-state index in [-0.39, 0.29) is 30.7 Å². The molecule has 0 saturated carbocycles. The van der Waals surface area contributed by atoms with E-state index >= 15 is 0 Å². The molecule has 2 fully saturated rings. The molecule has 0 aliphatic carbocycles. The summed E-state index contributed by atoms with van der Waals surface area (Å²) in [4.78, 5) is 15.3. The molecular weight excluding hydrogens is 429 g/mol. The second kappa shape index (κ2) is 14.1. The van der Waals surface area contributed by atoms with Gasteiger partial charge in [0.25, 0.3) is 0 Å². The van der Waals surface area contributed by atoms with Crippen LogP contribution in [-0.4, -0.2) is 77.1 Å². The lowest BCUT2D eigenvalue weighted by atomic mass is 9.78. The van der Waals surface area contributed by atoms with Crippen LogP contribution in [0.5, 0.6) is 5.75 Å². The number of methoxy groups -OCH3 is 1. The maximum absolute atomic E-state index is 12.9. The largest absolute Gasteiger partial charge is 0.492 e. The number of hydrogen-bond acceptors (Lipinski definition) is 6. The number of morpholine rings is 1. The predicted molar refractivity (Wildman–Crippen MR) is 122 cm³/mol. The Morgan fingerprint density at radius 3 is 2.60 bits per heavy atom. The molecule has 0 atom stereocenters. The maximum Gasteiger partial charge on any atom is 0.228 e. The van der Waals surface area contributed by atoms with Crippen LogP contribution in [0.25, 0.3) is 0 Å². The molecule has 0 bridgehead atoms. The second-order valence-electron chi connectivity index (χ2n) is 7.56. The highest BCUT2D eigenvalue weighted by Crippen LogP contribution is 2.30. The monoisotopic (exact) mass is 463 g/mol. The van der Waals surface area contributed by atoms with Crippen molar-refractivity contribution in [3.05, 3.63) is 29.8 Å². The SMILES string of the molecule is COCC1(C(=O)NCc2ccccc2OCCN2CCOCC2)CCNCC1.Cl.Cl. The van der Waals surface area contributed by atoms with Crippen molar-refractivity contribution in [2.24, 2.45) is 5.41 Å². The lowest BCUT2D eigenvalue weighted by Gasteiger charge is -2.35. The summed E-state index contributed by atoms with van der Waals surface area (Å²) >= 11 is 0. The first kappa shape index (κ1) is 26.9. The van der Waals surface area contributed by atoms with Gasteiger partial charge in [0.2, 0.25) is 5.91 Å². The molecule has 2 N–H and O–H groups in total. The number of carbonyl (C=O) groups excluding carboxylic acids is 1. The summed E-state index contributed by atoms with van der Waals surface area (Å²) in [5.41, 5.74) is 0.561. The Labute approximate surface area is 192 Å². The zero-order chi connectivity index (χ0) is 19.7. The van der Waals surface area contributed by atoms with Crippen molar-refractivity contribution in [3.63, 3.8) is 0 Å². The molecule has 0 radical (unpaired) electrons. The molecule has 1 amide bonds. The van der Waals surface area contributed by atoms with Gasteiger partial charge in [-0.25, -0.2) is 0 Å². The Bertz CT molecular complexity index is 619. The molecule has 30 heavy (non-hydrogen) atoms. The highest BCUT2D eigenvalue weighted by Gasteiger charge is 2.39. The average molecular weight is 464 g/mol. The van der Waals surface area contributed by atoms with Crippen LogP contribution in [0.1, 0.15) is 18.4 Å². The van der Waals surface area contributed by atoms with Crippen LogP contribution in [-0.2, 0) is 20.8 Å². The molecular formula is C21H35Cl2N3O4. The van der Waals surface area contributed by atoms with Gasteiger partial charge in [-0.15, -0.1) is 24.8 Å². The Kier molecular flexibility index (Phi) is 12.6. The third kappa shape index (κ3) is 7.55. The van der Waals surface area contributed by atoms with Gasteiger partial charge in [0.05, 0.1) is 25.2 Å². The van der Waals surface area contributed by atoms with E-state index in [0.717, 1.165) is 70.1 Å². The third-order valence-electron chi connectivity index (χ3n) is 5.64. The van der Waals surface area contributed by atoms with Gasteiger partial charge >= 0.3 is 0 Å². The fourth-order valence-corrected chi connectivity index (χ4v) is 3.88. The number of carbonyl (C=O) groups is 1. The van der Waals surface area contributed by atoms with E-state index in [1.165, 1.54) is 0 Å². The Morgan fingerprint density at radius 1 is 1.20 bits per heavy atom. The molecule has 2 saturated heterocycles. The van der Waals surface area contributed by atoms with E-state index < -0.39 is 5.41 Å². The van der Waals surface area contributed by atoms with Crippen molar-refractivity contribution in [2.45, 2.75) is 19.4 Å². The first-order chi connectivity index (χ1) is 13.7. The van der Waals surface area contributed by atoms with Crippen LogP contribution < -0.4 is 15.4 Å². The minimum absolute atomic E-state index is 0. The number of hydrogen-bond donors (Lipinski definition) is 2. The zero-order valence-electron chi connectivity index (χ0n) is 17.7. The third-order valence-corrected chi connectivity index (χ3v) is 5.64. The van der Waals surface area contributed by atoms with Crippen LogP contribution in [0.4, 0.5) is 0 Å². The van der Waals surface area contributed by atoms with Gasteiger partial charge < -0.3 is 24.8 Å². The molecule has 2 aliphatic rings. The number of benzene rings is 1. The lowest BCUT2D eigenvalue weighted by Crippen LogP contribution is -2.50. The van der Waals surface area contributed by atoms with Gasteiger partial charge in [0.1, 0.15) is 12.4 Å². The number of nitrogens with zero attached hydrogens (tertiary/aromatic N) is 1. The predicted octanol–water partition coefficient (Wildman–Crippen LogP) is 1.87. The van der Waals surface area contributed by atoms with E-state index in [1.54, 1.807) is 7.11 Å². The standard InChI is InChI=1S/C21H33N3O4.2ClH/c1-26-17-21(6-8-22-9-7-21)20(25)23-16-18-4-2-3-5-19(18)28-15-12-24-10-13-27-14-11-24;;/h2-5,22H,6-17H2,1H3,(H,23,25);2*1H. The van der Waals surface area contributed by atoms with Gasteiger partial charge in [-0.1, -0.05) is 18.2 Å². The highest BCUT2D eigenvalue weighted by molar-refractivity contribution is 5.85. The molecule has 7 nitrogen and oxygen atoms in total. The molecule has 0 unspecified atom stereocenters. The Hall–Kier alpha value is -1.09. The van der Waals surface area contributed by atoms with Crippen LogP contribution in [0.3, 0.4) is 0 Å². The summed E-state index contributed by atoms with van der Waals surface area (Å²) < 4.78 is 16.8. The van der Waals surface area contributed by atoms with E-state index in [4.69, 9.17) is 14.2 Å². The van der Waals surface area contributed by atoms with Crippen LogP contribution in [0.15, 0.2) is 24.3 Å². The van der Waals surface area contributed by atoms with Crippen molar-refractivity contribution in [2.75, 3.05) is 66.3 Å². The van der Waals surface area contributed by atoms with Crippen molar-refractivity contribution >= 4 is 30.7 Å². The van der Waals surface area contributed by atoms with Crippen molar-refractivity contribution < 1.29 is 19.0 Å². The fourth-order valence-electron chi connectivity index (χ4n) is 3.88. The maximum atomic E-state index is 12.9. The minimum atomic E-state index is -0.438. The Balaban J connectivity index is 0.00000225. The van der Waals surface area contributed by atoms with E-state index in [2.05, 4.69) is 15.5 Å². The summed E-state index contributed by atoms with van der Waals surface area (Å²) in [6.07, 6.45) is 1.59. The number of ether oxygens (including phenoxy) is 3. The topological polar surface area (TPSA) is 72.1 Å². The van der Waals surface area contributed by atoms with Gasteiger partial charge in [-0.2, -0.15) is 0 Å². The molecule has 1 aromatic rings. The van der Waals surface area contributed by atoms with Crippen LogP contribution in [0, 0.1) is 5.41 Å². The van der Waals surface area contributed by atoms with Crippen LogP contribution in [0.2, 0.25) is 0 Å². The Morgan fingerprint density at radius 2 is 1.90 bits per heavy atom. The average Bonchev–Trinajstić information content (AvgIpc) is 2.74. The second-order valence-corrected chi connectivity index (χ2v) is 7.56. The van der Waals surface area contributed by atoms with Crippen LogP contribution >= 0.6 is 24.8 Å². The summed E-state index contributed by atoms with van der Waals surface area (Å²) in [6, 6.07) is 7.92. The molecule has 2 heterocycles. The first-order valence-electron chi connectivity index (χ1n) is 10.2. The molecule has 0 aromatic heterocycles. The van der Waals surface area contributed by atoms with E-state index in [0.29, 0.717) is 19.8 Å². The smallest absolute Gasteiger partial charge is 0.228 e. The van der Waals surface area contributed by atoms with Gasteiger partial charge in [-0.05, 0) is 32.0 Å². The summed E-state index contributed by atoms with van der Waals surface area (Å²) in [5, 5.41) is 6.44. The summed E-state index contributed by atoms with van der Waals surface area (Å²) in [7, 11) is 1.66.